The smallest absolute Gasteiger partial charge is 0.255 e. The highest BCUT2D eigenvalue weighted by atomic mass is 16.1. The molecule has 0 bridgehead atoms. The van der Waals surface area contributed by atoms with Crippen LogP contribution in [0.2, 0.25) is 0 Å². The lowest BCUT2D eigenvalue weighted by Crippen LogP contribution is -2.13. The molecule has 4 nitrogen and oxygen atoms in total. The molecule has 0 saturated carbocycles. The van der Waals surface area contributed by atoms with Crippen LogP contribution in [0.3, 0.4) is 0 Å². The Labute approximate surface area is 125 Å². The molecule has 2 aromatic rings. The Hall–Kier alpha value is -2.49. The molecular formula is C17H21N3O. The van der Waals surface area contributed by atoms with E-state index in [9.17, 15) is 4.79 Å². The third kappa shape index (κ3) is 3.54. The van der Waals surface area contributed by atoms with E-state index >= 15 is 0 Å². The molecule has 0 fully saturated rings. The highest BCUT2D eigenvalue weighted by Crippen LogP contribution is 2.19. The van der Waals surface area contributed by atoms with Gasteiger partial charge in [-0.2, -0.15) is 0 Å². The molecular weight excluding hydrogens is 262 g/mol. The lowest BCUT2D eigenvalue weighted by molar-refractivity contribution is 0.102. The van der Waals surface area contributed by atoms with E-state index in [-0.39, 0.29) is 5.91 Å². The monoisotopic (exact) mass is 283 g/mol. The van der Waals surface area contributed by atoms with Crippen LogP contribution in [0.5, 0.6) is 0 Å². The minimum atomic E-state index is -0.0987. The van der Waals surface area contributed by atoms with Crippen molar-refractivity contribution in [1.29, 1.82) is 0 Å². The predicted octanol–water partition coefficient (Wildman–Crippen LogP) is 3.36. The SMILES string of the molecule is CNc1ccc(C(=O)Nc2ccc(N(C)C)cc2)cc1C. The van der Waals surface area contributed by atoms with Crippen molar-refractivity contribution in [1.82, 2.24) is 0 Å². The number of aryl methyl sites for hydroxylation is 1. The van der Waals surface area contributed by atoms with E-state index in [0.29, 0.717) is 5.56 Å². The number of nitrogens with zero attached hydrogens (tertiary/aromatic N) is 1. The third-order valence-electron chi connectivity index (χ3n) is 3.40. The molecule has 0 radical (unpaired) electrons. The molecule has 2 rings (SSSR count). The number of carbonyl (C=O) groups is 1. The number of hydrogen-bond donors (Lipinski definition) is 2. The van der Waals surface area contributed by atoms with Gasteiger partial charge in [-0.1, -0.05) is 0 Å². The van der Waals surface area contributed by atoms with Gasteiger partial charge < -0.3 is 15.5 Å². The van der Waals surface area contributed by atoms with Crippen molar-refractivity contribution in [2.45, 2.75) is 6.92 Å². The van der Waals surface area contributed by atoms with E-state index < -0.39 is 0 Å². The van der Waals surface area contributed by atoms with Gasteiger partial charge in [-0.25, -0.2) is 0 Å². The fraction of sp³-hybridized carbons (Fsp3) is 0.235. The summed E-state index contributed by atoms with van der Waals surface area (Å²) in [5, 5.41) is 6.00. The van der Waals surface area contributed by atoms with Crippen LogP contribution in [0.4, 0.5) is 17.1 Å². The van der Waals surface area contributed by atoms with Crippen LogP contribution >= 0.6 is 0 Å². The van der Waals surface area contributed by atoms with Crippen molar-refractivity contribution in [2.24, 2.45) is 0 Å². The van der Waals surface area contributed by atoms with Crippen molar-refractivity contribution in [3.63, 3.8) is 0 Å². The van der Waals surface area contributed by atoms with Crippen LogP contribution in [0.15, 0.2) is 42.5 Å². The molecule has 2 N–H and O–H groups in total. The van der Waals surface area contributed by atoms with Crippen molar-refractivity contribution in [3.8, 4) is 0 Å². The summed E-state index contributed by atoms with van der Waals surface area (Å²) in [7, 11) is 5.84. The van der Waals surface area contributed by atoms with Crippen molar-refractivity contribution < 1.29 is 4.79 Å². The summed E-state index contributed by atoms with van der Waals surface area (Å²) >= 11 is 0. The van der Waals surface area contributed by atoms with Gasteiger partial charge >= 0.3 is 0 Å². The maximum Gasteiger partial charge on any atom is 0.255 e. The molecule has 110 valence electrons. The molecule has 0 atom stereocenters. The minimum Gasteiger partial charge on any atom is -0.388 e. The minimum absolute atomic E-state index is 0.0987. The Bertz CT molecular complexity index is 633. The molecule has 0 saturated heterocycles. The third-order valence-corrected chi connectivity index (χ3v) is 3.40. The molecule has 0 spiro atoms. The fourth-order valence-electron chi connectivity index (χ4n) is 2.13. The van der Waals surface area contributed by atoms with E-state index in [1.807, 2.05) is 75.4 Å². The zero-order valence-corrected chi connectivity index (χ0v) is 12.9. The Kier molecular flexibility index (Phi) is 4.48. The van der Waals surface area contributed by atoms with E-state index in [4.69, 9.17) is 0 Å². The Morgan fingerprint density at radius 2 is 1.71 bits per heavy atom. The number of nitrogens with one attached hydrogen (secondary N) is 2. The largest absolute Gasteiger partial charge is 0.388 e. The summed E-state index contributed by atoms with van der Waals surface area (Å²) in [6.45, 7) is 1.98. The van der Waals surface area contributed by atoms with Gasteiger partial charge in [-0.15, -0.1) is 0 Å². The molecule has 21 heavy (non-hydrogen) atoms. The number of anilines is 3. The van der Waals surface area contributed by atoms with Crippen LogP contribution in [-0.2, 0) is 0 Å². The number of amides is 1. The topological polar surface area (TPSA) is 44.4 Å². The first-order chi connectivity index (χ1) is 10.0. The fourth-order valence-corrected chi connectivity index (χ4v) is 2.13. The van der Waals surface area contributed by atoms with Gasteiger partial charge in [0, 0.05) is 43.8 Å². The molecule has 0 aliphatic heterocycles. The van der Waals surface area contributed by atoms with Crippen LogP contribution in [-0.4, -0.2) is 27.1 Å². The second-order valence-corrected chi connectivity index (χ2v) is 5.18. The molecule has 2 aromatic carbocycles. The molecule has 0 aromatic heterocycles. The number of rotatable bonds is 4. The van der Waals surface area contributed by atoms with Crippen molar-refractivity contribution in [2.75, 3.05) is 36.7 Å². The maximum absolute atomic E-state index is 12.2. The van der Waals surface area contributed by atoms with E-state index in [1.54, 1.807) is 0 Å². The van der Waals surface area contributed by atoms with Gasteiger partial charge in [0.2, 0.25) is 0 Å². The maximum atomic E-state index is 12.2. The van der Waals surface area contributed by atoms with E-state index in [1.165, 1.54) is 0 Å². The Balaban J connectivity index is 2.12. The average Bonchev–Trinajstić information content (AvgIpc) is 2.47. The van der Waals surface area contributed by atoms with E-state index in [0.717, 1.165) is 22.6 Å². The van der Waals surface area contributed by atoms with Crippen molar-refractivity contribution in [3.05, 3.63) is 53.6 Å². The molecule has 4 heteroatoms. The van der Waals surface area contributed by atoms with Crippen LogP contribution < -0.4 is 15.5 Å². The average molecular weight is 283 g/mol. The summed E-state index contributed by atoms with van der Waals surface area (Å²) in [5.74, 6) is -0.0987. The first-order valence-corrected chi connectivity index (χ1v) is 6.88. The normalized spacial score (nSPS) is 10.1. The van der Waals surface area contributed by atoms with Gasteiger partial charge in [0.15, 0.2) is 0 Å². The first kappa shape index (κ1) is 14.9. The highest BCUT2D eigenvalue weighted by molar-refractivity contribution is 6.04. The molecule has 0 aliphatic rings. The second kappa shape index (κ2) is 6.31. The second-order valence-electron chi connectivity index (χ2n) is 5.18. The van der Waals surface area contributed by atoms with Gasteiger partial charge in [0.05, 0.1) is 0 Å². The van der Waals surface area contributed by atoms with Gasteiger partial charge in [0.25, 0.3) is 5.91 Å². The molecule has 1 amide bonds. The summed E-state index contributed by atoms with van der Waals surface area (Å²) in [5.41, 5.74) is 4.63. The zero-order chi connectivity index (χ0) is 15.4. The van der Waals surface area contributed by atoms with Gasteiger partial charge in [-0.3, -0.25) is 4.79 Å². The van der Waals surface area contributed by atoms with Crippen LogP contribution in [0, 0.1) is 6.92 Å². The summed E-state index contributed by atoms with van der Waals surface area (Å²) in [4.78, 5) is 14.3. The van der Waals surface area contributed by atoms with Gasteiger partial charge in [0.1, 0.15) is 0 Å². The lowest BCUT2D eigenvalue weighted by Gasteiger charge is -2.13. The Morgan fingerprint density at radius 3 is 2.24 bits per heavy atom. The predicted molar refractivity (Wildman–Crippen MR) is 89.4 cm³/mol. The van der Waals surface area contributed by atoms with Crippen LogP contribution in [0.25, 0.3) is 0 Å². The quantitative estimate of drug-likeness (QED) is 0.904. The number of benzene rings is 2. The summed E-state index contributed by atoms with van der Waals surface area (Å²) < 4.78 is 0. The lowest BCUT2D eigenvalue weighted by atomic mass is 10.1. The van der Waals surface area contributed by atoms with Crippen LogP contribution in [0.1, 0.15) is 15.9 Å². The van der Waals surface area contributed by atoms with Crippen molar-refractivity contribution >= 4 is 23.0 Å². The number of carbonyl (C=O) groups excluding carboxylic acids is 1. The molecule has 0 aliphatic carbocycles. The van der Waals surface area contributed by atoms with E-state index in [2.05, 4.69) is 10.6 Å². The highest BCUT2D eigenvalue weighted by Gasteiger charge is 2.08. The molecule has 0 heterocycles. The standard InChI is InChI=1S/C17H21N3O/c1-12-11-13(5-10-16(12)18-2)17(21)19-14-6-8-15(9-7-14)20(3)4/h5-11,18H,1-4H3,(H,19,21). The first-order valence-electron chi connectivity index (χ1n) is 6.88. The Morgan fingerprint density at radius 1 is 1.05 bits per heavy atom. The summed E-state index contributed by atoms with van der Waals surface area (Å²) in [6, 6.07) is 13.4. The molecule has 0 unspecified atom stereocenters. The number of hydrogen-bond acceptors (Lipinski definition) is 3. The zero-order valence-electron chi connectivity index (χ0n) is 12.9. The summed E-state index contributed by atoms with van der Waals surface area (Å²) in [6.07, 6.45) is 0. The van der Waals surface area contributed by atoms with Gasteiger partial charge in [-0.05, 0) is 55.0 Å².